The summed E-state index contributed by atoms with van der Waals surface area (Å²) in [6, 6.07) is 1.52. The maximum absolute atomic E-state index is 11.8. The Hall–Kier alpha value is -1.37. The first-order valence-corrected chi connectivity index (χ1v) is 6.31. The number of nitrogen functional groups attached to an aromatic ring is 1. The molecule has 2 N–H and O–H groups in total. The molecule has 17 heavy (non-hydrogen) atoms. The van der Waals surface area contributed by atoms with Crippen LogP contribution in [0.1, 0.15) is 6.42 Å². The third kappa shape index (κ3) is 2.49. The highest BCUT2D eigenvalue weighted by atomic mass is 79.9. The van der Waals surface area contributed by atoms with Crippen LogP contribution in [0, 0.1) is 5.92 Å². The largest absolute Gasteiger partial charge is 0.481 e. The van der Waals surface area contributed by atoms with Crippen molar-refractivity contribution in [3.05, 3.63) is 6.07 Å². The molecule has 0 spiro atoms. The smallest absolute Gasteiger partial charge is 0.237 e. The van der Waals surface area contributed by atoms with Crippen LogP contribution in [0.5, 0.6) is 5.88 Å². The van der Waals surface area contributed by atoms with Gasteiger partial charge >= 0.3 is 0 Å². The summed E-state index contributed by atoms with van der Waals surface area (Å²) < 4.78 is 5.01. The van der Waals surface area contributed by atoms with E-state index in [1.807, 2.05) is 0 Å². The molecule has 1 amide bonds. The molecule has 1 unspecified atom stereocenters. The van der Waals surface area contributed by atoms with Gasteiger partial charge in [-0.2, -0.15) is 9.97 Å². The van der Waals surface area contributed by atoms with E-state index >= 15 is 0 Å². The fourth-order valence-corrected chi connectivity index (χ4v) is 2.17. The van der Waals surface area contributed by atoms with E-state index in [0.717, 1.165) is 5.33 Å². The molecule has 0 aliphatic carbocycles. The highest BCUT2D eigenvalue weighted by molar-refractivity contribution is 9.09. The Morgan fingerprint density at radius 2 is 2.41 bits per heavy atom. The van der Waals surface area contributed by atoms with Gasteiger partial charge in [-0.25, -0.2) is 0 Å². The Morgan fingerprint density at radius 3 is 3.00 bits per heavy atom. The van der Waals surface area contributed by atoms with Crippen LogP contribution in [0.4, 0.5) is 11.8 Å². The minimum atomic E-state index is 0.0158. The number of hydrogen-bond acceptors (Lipinski definition) is 5. The van der Waals surface area contributed by atoms with Crippen LogP contribution in [-0.4, -0.2) is 34.9 Å². The molecule has 1 aromatic heterocycles. The zero-order valence-electron chi connectivity index (χ0n) is 9.39. The maximum Gasteiger partial charge on any atom is 0.237 e. The highest BCUT2D eigenvalue weighted by Gasteiger charge is 2.31. The average molecular weight is 301 g/mol. The lowest BCUT2D eigenvalue weighted by molar-refractivity contribution is -0.117. The van der Waals surface area contributed by atoms with Crippen molar-refractivity contribution in [2.75, 3.05) is 29.6 Å². The lowest BCUT2D eigenvalue weighted by Crippen LogP contribution is -2.27. The Balaban J connectivity index is 2.28. The minimum Gasteiger partial charge on any atom is -0.481 e. The number of methoxy groups -OCH3 is 1. The van der Waals surface area contributed by atoms with E-state index in [0.29, 0.717) is 36.5 Å². The zero-order chi connectivity index (χ0) is 12.4. The van der Waals surface area contributed by atoms with E-state index in [9.17, 15) is 4.79 Å². The molecule has 0 bridgehead atoms. The number of carbonyl (C=O) groups excluding carboxylic acids is 1. The number of rotatable bonds is 3. The fourth-order valence-electron chi connectivity index (χ4n) is 1.73. The molecule has 0 aromatic carbocycles. The summed E-state index contributed by atoms with van der Waals surface area (Å²) >= 11 is 3.38. The number of halogens is 1. The standard InChI is InChI=1S/C10H13BrN4O2/c1-17-8-3-7(12)13-10(14-8)15-5-6(4-11)2-9(15)16/h3,6H,2,4-5H2,1H3,(H2,12,13,14). The second-order valence-electron chi connectivity index (χ2n) is 3.86. The molecule has 1 saturated heterocycles. The van der Waals surface area contributed by atoms with Crippen LogP contribution in [0.3, 0.4) is 0 Å². The van der Waals surface area contributed by atoms with E-state index in [1.165, 1.54) is 13.2 Å². The van der Waals surface area contributed by atoms with Crippen molar-refractivity contribution in [1.29, 1.82) is 0 Å². The summed E-state index contributed by atoms with van der Waals surface area (Å²) in [4.78, 5) is 21.5. The van der Waals surface area contributed by atoms with E-state index in [2.05, 4.69) is 25.9 Å². The van der Waals surface area contributed by atoms with E-state index in [-0.39, 0.29) is 5.91 Å². The van der Waals surface area contributed by atoms with Gasteiger partial charge in [0.1, 0.15) is 5.82 Å². The van der Waals surface area contributed by atoms with Crippen molar-refractivity contribution in [3.63, 3.8) is 0 Å². The lowest BCUT2D eigenvalue weighted by Gasteiger charge is -2.15. The third-order valence-electron chi connectivity index (χ3n) is 2.58. The van der Waals surface area contributed by atoms with Gasteiger partial charge in [0.25, 0.3) is 0 Å². The van der Waals surface area contributed by atoms with E-state index < -0.39 is 0 Å². The van der Waals surface area contributed by atoms with E-state index in [4.69, 9.17) is 10.5 Å². The normalized spacial score (nSPS) is 19.8. The molecular formula is C10H13BrN4O2. The predicted octanol–water partition coefficient (Wildman–Crippen LogP) is 0.815. The first-order chi connectivity index (χ1) is 8.13. The van der Waals surface area contributed by atoms with Crippen molar-refractivity contribution in [2.24, 2.45) is 5.92 Å². The molecule has 0 radical (unpaired) electrons. The molecule has 1 aromatic rings. The summed E-state index contributed by atoms with van der Waals surface area (Å²) in [6.07, 6.45) is 0.506. The van der Waals surface area contributed by atoms with Crippen LogP contribution in [-0.2, 0) is 4.79 Å². The van der Waals surface area contributed by atoms with Gasteiger partial charge in [-0.1, -0.05) is 15.9 Å². The SMILES string of the molecule is COc1cc(N)nc(N2CC(CBr)CC2=O)n1. The topological polar surface area (TPSA) is 81.3 Å². The van der Waals surface area contributed by atoms with Gasteiger partial charge in [-0.3, -0.25) is 9.69 Å². The number of alkyl halides is 1. The monoisotopic (exact) mass is 300 g/mol. The molecule has 1 fully saturated rings. The number of carbonyl (C=O) groups is 1. The summed E-state index contributed by atoms with van der Waals surface area (Å²) in [5, 5.41) is 0.786. The quantitative estimate of drug-likeness (QED) is 0.836. The van der Waals surface area contributed by atoms with Crippen LogP contribution in [0.25, 0.3) is 0 Å². The first kappa shape index (κ1) is 12.1. The van der Waals surface area contributed by atoms with Crippen molar-refractivity contribution < 1.29 is 9.53 Å². The van der Waals surface area contributed by atoms with Gasteiger partial charge in [0.05, 0.1) is 7.11 Å². The molecule has 1 aliphatic rings. The molecule has 92 valence electrons. The lowest BCUT2D eigenvalue weighted by atomic mass is 10.2. The van der Waals surface area contributed by atoms with Crippen molar-refractivity contribution in [1.82, 2.24) is 9.97 Å². The number of nitrogens with zero attached hydrogens (tertiary/aromatic N) is 3. The van der Waals surface area contributed by atoms with Crippen LogP contribution < -0.4 is 15.4 Å². The number of amides is 1. The van der Waals surface area contributed by atoms with Crippen molar-refractivity contribution in [2.45, 2.75) is 6.42 Å². The summed E-state index contributed by atoms with van der Waals surface area (Å²) in [6.45, 7) is 0.608. The molecule has 2 rings (SSSR count). The summed E-state index contributed by atoms with van der Waals surface area (Å²) in [5.41, 5.74) is 5.64. The van der Waals surface area contributed by atoms with Gasteiger partial charge in [-0.15, -0.1) is 0 Å². The number of ether oxygens (including phenoxy) is 1. The molecule has 1 atom stereocenters. The number of aromatic nitrogens is 2. The highest BCUT2D eigenvalue weighted by Crippen LogP contribution is 2.25. The van der Waals surface area contributed by atoms with Crippen LogP contribution >= 0.6 is 15.9 Å². The number of nitrogens with two attached hydrogens (primary N) is 1. The third-order valence-corrected chi connectivity index (χ3v) is 3.50. The summed E-state index contributed by atoms with van der Waals surface area (Å²) in [5.74, 6) is 1.28. The van der Waals surface area contributed by atoms with Gasteiger partial charge in [0.2, 0.25) is 17.7 Å². The second-order valence-corrected chi connectivity index (χ2v) is 4.51. The van der Waals surface area contributed by atoms with Crippen LogP contribution in [0.15, 0.2) is 6.07 Å². The molecule has 6 nitrogen and oxygen atoms in total. The molecule has 1 aliphatic heterocycles. The molecule has 0 saturated carbocycles. The predicted molar refractivity (Wildman–Crippen MR) is 67.3 cm³/mol. The Kier molecular flexibility index (Phi) is 3.46. The number of anilines is 2. The van der Waals surface area contributed by atoms with E-state index in [1.54, 1.807) is 4.90 Å². The van der Waals surface area contributed by atoms with Gasteiger partial charge in [0, 0.05) is 24.4 Å². The van der Waals surface area contributed by atoms with Gasteiger partial charge in [-0.05, 0) is 5.92 Å². The first-order valence-electron chi connectivity index (χ1n) is 5.19. The van der Waals surface area contributed by atoms with Gasteiger partial charge in [0.15, 0.2) is 0 Å². The molecule has 2 heterocycles. The molecular weight excluding hydrogens is 288 g/mol. The maximum atomic E-state index is 11.8. The second kappa shape index (κ2) is 4.87. The van der Waals surface area contributed by atoms with Crippen molar-refractivity contribution >= 4 is 33.6 Å². The Morgan fingerprint density at radius 1 is 1.65 bits per heavy atom. The Labute approximate surface area is 107 Å². The fraction of sp³-hybridized carbons (Fsp3) is 0.500. The van der Waals surface area contributed by atoms with Crippen LogP contribution in [0.2, 0.25) is 0 Å². The molecule has 7 heteroatoms. The minimum absolute atomic E-state index is 0.0158. The summed E-state index contributed by atoms with van der Waals surface area (Å²) in [7, 11) is 1.50. The average Bonchev–Trinajstić information content (AvgIpc) is 2.69. The number of hydrogen-bond donors (Lipinski definition) is 1. The zero-order valence-corrected chi connectivity index (χ0v) is 11.0. The van der Waals surface area contributed by atoms with Crippen molar-refractivity contribution in [3.8, 4) is 5.88 Å². The Bertz CT molecular complexity index is 440. The van der Waals surface area contributed by atoms with Gasteiger partial charge < -0.3 is 10.5 Å².